The van der Waals surface area contributed by atoms with E-state index in [-0.39, 0.29) is 12.7 Å². The van der Waals surface area contributed by atoms with Gasteiger partial charge in [-0.3, -0.25) is 4.89 Å². The summed E-state index contributed by atoms with van der Waals surface area (Å²) in [7, 11) is 0. The smallest absolute Gasteiger partial charge is 0.448 e. The van der Waals surface area contributed by atoms with Gasteiger partial charge in [0.2, 0.25) is 0 Å². The minimum absolute atomic E-state index is 0.0318. The van der Waals surface area contributed by atoms with Gasteiger partial charge in [0.15, 0.2) is 0 Å². The third kappa shape index (κ3) is 2.89. The molecular formula is C4H6O5. The molecule has 1 saturated heterocycles. The zero-order valence-corrected chi connectivity index (χ0v) is 4.57. The summed E-state index contributed by atoms with van der Waals surface area (Å²) < 4.78 is 4.69. The monoisotopic (exact) mass is 134 g/mol. The van der Waals surface area contributed by atoms with Crippen molar-refractivity contribution in [2.75, 3.05) is 13.2 Å². The van der Waals surface area contributed by atoms with E-state index in [0.29, 0.717) is 6.61 Å². The van der Waals surface area contributed by atoms with Crippen LogP contribution in [0.15, 0.2) is 0 Å². The lowest BCUT2D eigenvalue weighted by Gasteiger charge is -1.93. The highest BCUT2D eigenvalue weighted by atomic mass is 17.2. The van der Waals surface area contributed by atoms with Crippen molar-refractivity contribution in [3.8, 4) is 0 Å². The molecule has 0 bridgehead atoms. The van der Waals surface area contributed by atoms with Gasteiger partial charge in [-0.1, -0.05) is 0 Å². The third-order valence-corrected chi connectivity index (χ3v) is 0.787. The van der Waals surface area contributed by atoms with E-state index < -0.39 is 6.16 Å². The molecule has 5 heteroatoms. The standard InChI is InChI=1S/C4H6O5/c5-4(6)9-8-2-3-1-7-3/h3H,1-2H2,(H,5,6). The van der Waals surface area contributed by atoms with E-state index in [2.05, 4.69) is 9.78 Å². The fourth-order valence-corrected chi connectivity index (χ4v) is 0.325. The van der Waals surface area contributed by atoms with E-state index >= 15 is 0 Å². The van der Waals surface area contributed by atoms with Crippen LogP contribution >= 0.6 is 0 Å². The van der Waals surface area contributed by atoms with Crippen LogP contribution in [-0.2, 0) is 14.5 Å². The van der Waals surface area contributed by atoms with Gasteiger partial charge in [0.1, 0.15) is 12.7 Å². The largest absolute Gasteiger partial charge is 0.537 e. The van der Waals surface area contributed by atoms with Gasteiger partial charge in [-0.15, -0.1) is 0 Å². The highest BCUT2D eigenvalue weighted by Crippen LogP contribution is 2.08. The maximum Gasteiger partial charge on any atom is 0.537 e. The highest BCUT2D eigenvalue weighted by Gasteiger charge is 2.23. The topological polar surface area (TPSA) is 68.3 Å². The Hall–Kier alpha value is -0.810. The molecule has 1 heterocycles. The summed E-state index contributed by atoms with van der Waals surface area (Å²) in [5.74, 6) is 0. The minimum atomic E-state index is -1.43. The molecule has 1 rings (SSSR count). The predicted molar refractivity (Wildman–Crippen MR) is 24.8 cm³/mol. The summed E-state index contributed by atoms with van der Waals surface area (Å²) >= 11 is 0. The second-order valence-corrected chi connectivity index (χ2v) is 1.59. The van der Waals surface area contributed by atoms with Crippen LogP contribution in [0.3, 0.4) is 0 Å². The van der Waals surface area contributed by atoms with Crippen molar-refractivity contribution in [3.05, 3.63) is 0 Å². The average molecular weight is 134 g/mol. The van der Waals surface area contributed by atoms with Gasteiger partial charge in [-0.05, 0) is 0 Å². The molecule has 0 aromatic rings. The van der Waals surface area contributed by atoms with Gasteiger partial charge in [0.25, 0.3) is 0 Å². The molecule has 0 aromatic heterocycles. The Labute approximate surface area is 51.1 Å². The lowest BCUT2D eigenvalue weighted by molar-refractivity contribution is -0.252. The first kappa shape index (κ1) is 6.31. The van der Waals surface area contributed by atoms with Crippen LogP contribution in [0.1, 0.15) is 0 Å². The molecule has 0 aromatic carbocycles. The Kier molecular flexibility index (Phi) is 1.86. The first-order valence-electron chi connectivity index (χ1n) is 2.43. The number of hydrogen-bond donors (Lipinski definition) is 1. The molecule has 0 spiro atoms. The van der Waals surface area contributed by atoms with Gasteiger partial charge < -0.3 is 9.84 Å². The molecule has 1 fully saturated rings. The van der Waals surface area contributed by atoms with Gasteiger partial charge in [-0.2, -0.15) is 4.89 Å². The molecule has 0 aliphatic carbocycles. The minimum Gasteiger partial charge on any atom is -0.448 e. The van der Waals surface area contributed by atoms with E-state index in [0.717, 1.165) is 0 Å². The van der Waals surface area contributed by atoms with Crippen LogP contribution < -0.4 is 0 Å². The first-order chi connectivity index (χ1) is 4.29. The fourth-order valence-electron chi connectivity index (χ4n) is 0.325. The number of hydrogen-bond acceptors (Lipinski definition) is 4. The lowest BCUT2D eigenvalue weighted by Crippen LogP contribution is -2.06. The Bertz CT molecular complexity index is 108. The fraction of sp³-hybridized carbons (Fsp3) is 0.750. The van der Waals surface area contributed by atoms with Crippen LogP contribution in [0.4, 0.5) is 4.79 Å². The van der Waals surface area contributed by atoms with Crippen molar-refractivity contribution >= 4 is 6.16 Å². The summed E-state index contributed by atoms with van der Waals surface area (Å²) in [5, 5.41) is 7.86. The maximum atomic E-state index is 9.61. The summed E-state index contributed by atoms with van der Waals surface area (Å²) in [6, 6.07) is 0. The Morgan fingerprint density at radius 1 is 1.89 bits per heavy atom. The van der Waals surface area contributed by atoms with Crippen LogP contribution in [0.25, 0.3) is 0 Å². The Morgan fingerprint density at radius 2 is 2.56 bits per heavy atom. The molecule has 9 heavy (non-hydrogen) atoms. The molecule has 5 nitrogen and oxygen atoms in total. The summed E-state index contributed by atoms with van der Waals surface area (Å²) in [6.07, 6.45) is -1.40. The van der Waals surface area contributed by atoms with E-state index in [1.807, 2.05) is 0 Å². The van der Waals surface area contributed by atoms with Crippen LogP contribution in [0, 0.1) is 0 Å². The molecule has 1 aliphatic heterocycles. The predicted octanol–water partition coefficient (Wildman–Crippen LogP) is 0.0114. The van der Waals surface area contributed by atoms with Crippen molar-refractivity contribution in [2.24, 2.45) is 0 Å². The second-order valence-electron chi connectivity index (χ2n) is 1.59. The first-order valence-corrected chi connectivity index (χ1v) is 2.43. The molecule has 1 atom stereocenters. The summed E-state index contributed by atoms with van der Waals surface area (Å²) in [6.45, 7) is 0.815. The quantitative estimate of drug-likeness (QED) is 0.334. The van der Waals surface area contributed by atoms with E-state index in [4.69, 9.17) is 9.84 Å². The van der Waals surface area contributed by atoms with E-state index in [1.165, 1.54) is 0 Å². The summed E-state index contributed by atoms with van der Waals surface area (Å²) in [4.78, 5) is 17.5. The molecular weight excluding hydrogens is 128 g/mol. The summed E-state index contributed by atoms with van der Waals surface area (Å²) in [5.41, 5.74) is 0. The second kappa shape index (κ2) is 2.65. The van der Waals surface area contributed by atoms with Crippen molar-refractivity contribution < 1.29 is 24.4 Å². The Balaban J connectivity index is 1.86. The van der Waals surface area contributed by atoms with Crippen LogP contribution in [0.5, 0.6) is 0 Å². The van der Waals surface area contributed by atoms with Crippen molar-refractivity contribution in [2.45, 2.75) is 6.10 Å². The van der Waals surface area contributed by atoms with Gasteiger partial charge >= 0.3 is 6.16 Å². The van der Waals surface area contributed by atoms with Crippen LogP contribution in [0.2, 0.25) is 0 Å². The number of epoxide rings is 1. The number of carboxylic acid groups (broad SMARTS) is 1. The van der Waals surface area contributed by atoms with Gasteiger partial charge in [0, 0.05) is 0 Å². The van der Waals surface area contributed by atoms with E-state index in [9.17, 15) is 4.79 Å². The highest BCUT2D eigenvalue weighted by molar-refractivity contribution is 5.55. The number of carbonyl (C=O) groups is 1. The maximum absolute atomic E-state index is 9.61. The van der Waals surface area contributed by atoms with Gasteiger partial charge in [-0.25, -0.2) is 4.79 Å². The molecule has 0 radical (unpaired) electrons. The van der Waals surface area contributed by atoms with Crippen molar-refractivity contribution in [3.63, 3.8) is 0 Å². The normalized spacial score (nSPS) is 23.3. The molecule has 52 valence electrons. The number of rotatable bonds is 3. The zero-order valence-electron chi connectivity index (χ0n) is 4.57. The number of ether oxygens (including phenoxy) is 1. The van der Waals surface area contributed by atoms with E-state index in [1.54, 1.807) is 0 Å². The third-order valence-electron chi connectivity index (χ3n) is 0.787. The Morgan fingerprint density at radius 3 is 3.00 bits per heavy atom. The molecule has 0 saturated carbocycles. The molecule has 1 N–H and O–H groups in total. The molecule has 1 unspecified atom stereocenters. The van der Waals surface area contributed by atoms with Gasteiger partial charge in [0.05, 0.1) is 6.61 Å². The van der Waals surface area contributed by atoms with Crippen LogP contribution in [-0.4, -0.2) is 30.6 Å². The molecule has 1 aliphatic rings. The SMILES string of the molecule is O=C(O)OOCC1CO1. The lowest BCUT2D eigenvalue weighted by atomic mass is 10.5. The van der Waals surface area contributed by atoms with Crippen molar-refractivity contribution in [1.29, 1.82) is 0 Å². The average Bonchev–Trinajstić information content (AvgIpc) is 2.48. The van der Waals surface area contributed by atoms with Crippen molar-refractivity contribution in [1.82, 2.24) is 0 Å². The molecule has 0 amide bonds. The zero-order chi connectivity index (χ0) is 6.69.